The molecule has 0 aromatic heterocycles. The number of rotatable bonds is 7. The quantitative estimate of drug-likeness (QED) is 0.302. The van der Waals surface area contributed by atoms with Gasteiger partial charge in [0.25, 0.3) is 0 Å². The molecule has 2 N–H and O–H groups in total. The zero-order valence-corrected chi connectivity index (χ0v) is 31.7. The second-order valence-corrected chi connectivity index (χ2v) is 15.8. The molecule has 3 rings (SSSR count). The molecule has 0 unspecified atom stereocenters. The summed E-state index contributed by atoms with van der Waals surface area (Å²) in [7, 11) is 7.49. The minimum Gasteiger partial charge on any atom is -0.463 e. The van der Waals surface area contributed by atoms with Gasteiger partial charge in [-0.25, -0.2) is 4.79 Å². The number of Topliss-reactive ketones (excluding diaryl/α,β-unsaturated/α-hetero) is 1. The molecule has 48 heavy (non-hydrogen) atoms. The zero-order valence-electron chi connectivity index (χ0n) is 31.7. The summed E-state index contributed by atoms with van der Waals surface area (Å²) in [5, 5.41) is 14.3. The molecule has 0 spiro atoms. The van der Waals surface area contributed by atoms with E-state index in [1.807, 2.05) is 58.6 Å². The average Bonchev–Trinajstić information content (AvgIpc) is 3.01. The number of hydrogen-bond acceptors (Lipinski definition) is 11. The van der Waals surface area contributed by atoms with E-state index in [9.17, 15) is 19.5 Å². The SMILES string of the molecule is CO[C@]1(C)C[C@@H](C)CN(C)[C@H](CN2CCN(C(=O)NC(C)C)CC2)COC(=O)C(C)(C)C(=O)[C@H](C)[C@H]1O[C@@H]1O[C@H](C)C[C@H](N(C)C)[C@H]1O. The summed E-state index contributed by atoms with van der Waals surface area (Å²) in [5.41, 5.74) is -2.41. The number of aliphatic hydroxyl groups excluding tert-OH is 1. The summed E-state index contributed by atoms with van der Waals surface area (Å²) in [5.74, 6) is -1.60. The fraction of sp³-hybridized carbons (Fsp3) is 0.914. The van der Waals surface area contributed by atoms with Crippen molar-refractivity contribution in [2.75, 3.05) is 74.1 Å². The highest BCUT2D eigenvalue weighted by molar-refractivity contribution is 6.04. The van der Waals surface area contributed by atoms with Gasteiger partial charge >= 0.3 is 12.0 Å². The number of carbonyl (C=O) groups is 3. The van der Waals surface area contributed by atoms with Crippen molar-refractivity contribution in [3.05, 3.63) is 0 Å². The van der Waals surface area contributed by atoms with Crippen molar-refractivity contribution >= 4 is 17.8 Å². The molecule has 3 saturated heterocycles. The van der Waals surface area contributed by atoms with Gasteiger partial charge in [0.05, 0.1) is 23.9 Å². The molecule has 13 nitrogen and oxygen atoms in total. The van der Waals surface area contributed by atoms with E-state index in [4.69, 9.17) is 18.9 Å². The first kappa shape index (κ1) is 40.6. The maximum absolute atomic E-state index is 14.2. The summed E-state index contributed by atoms with van der Waals surface area (Å²) in [4.78, 5) is 48.8. The van der Waals surface area contributed by atoms with E-state index in [-0.39, 0.29) is 48.6 Å². The summed E-state index contributed by atoms with van der Waals surface area (Å²) < 4.78 is 24.9. The van der Waals surface area contributed by atoms with Crippen LogP contribution in [0.2, 0.25) is 0 Å². The fourth-order valence-electron chi connectivity index (χ4n) is 7.55. The van der Waals surface area contributed by atoms with Crippen LogP contribution in [0.5, 0.6) is 0 Å². The summed E-state index contributed by atoms with van der Waals surface area (Å²) in [6.07, 6.45) is -1.74. The first-order valence-electron chi connectivity index (χ1n) is 17.7. The maximum Gasteiger partial charge on any atom is 0.319 e. The second kappa shape index (κ2) is 16.9. The first-order valence-corrected chi connectivity index (χ1v) is 17.7. The van der Waals surface area contributed by atoms with Crippen molar-refractivity contribution in [3.8, 4) is 0 Å². The van der Waals surface area contributed by atoms with Gasteiger partial charge in [0.2, 0.25) is 0 Å². The number of likely N-dealkylation sites (N-methyl/N-ethyl adjacent to an activating group) is 2. The Balaban J connectivity index is 1.87. The van der Waals surface area contributed by atoms with Gasteiger partial charge in [-0.1, -0.05) is 13.8 Å². The predicted molar refractivity (Wildman–Crippen MR) is 184 cm³/mol. The Morgan fingerprint density at radius 1 is 1.10 bits per heavy atom. The van der Waals surface area contributed by atoms with E-state index < -0.39 is 41.4 Å². The van der Waals surface area contributed by atoms with Crippen LogP contribution in [0.1, 0.15) is 68.2 Å². The van der Waals surface area contributed by atoms with Crippen LogP contribution in [0.4, 0.5) is 4.79 Å². The lowest BCUT2D eigenvalue weighted by Gasteiger charge is -2.47. The summed E-state index contributed by atoms with van der Waals surface area (Å²) in [6, 6.07) is -0.293. The number of ketones is 1. The highest BCUT2D eigenvalue weighted by Crippen LogP contribution is 2.38. The number of carbonyl (C=O) groups excluding carboxylic acids is 3. The molecule has 0 bridgehead atoms. The van der Waals surface area contributed by atoms with Crippen molar-refractivity contribution in [1.82, 2.24) is 24.9 Å². The molecule has 3 fully saturated rings. The lowest BCUT2D eigenvalue weighted by Crippen LogP contribution is -2.59. The van der Waals surface area contributed by atoms with Crippen molar-refractivity contribution < 1.29 is 38.4 Å². The van der Waals surface area contributed by atoms with Crippen molar-refractivity contribution in [1.29, 1.82) is 0 Å². The summed E-state index contributed by atoms with van der Waals surface area (Å²) in [6.45, 7) is 19.0. The standard InChI is InChI=1S/C35H65N5O8/c1-22(2)36-33(44)40-15-13-39(14-16-40)20-26-21-46-32(43)34(6,7)29(42)25(5)30(35(8,45-12)18-23(3)19-38(26)11)48-31-28(41)27(37(9)10)17-24(4)47-31/h22-28,30-31,41H,13-21H2,1-12H3,(H,36,44)/t23-,24-,25+,26-,27+,28-,30-,31+,35-/m1/s1. The molecule has 0 aromatic rings. The second-order valence-electron chi connectivity index (χ2n) is 15.8. The number of aliphatic hydroxyl groups is 1. The van der Waals surface area contributed by atoms with Gasteiger partial charge < -0.3 is 39.2 Å². The highest BCUT2D eigenvalue weighted by Gasteiger charge is 2.51. The van der Waals surface area contributed by atoms with Crippen molar-refractivity contribution in [2.24, 2.45) is 17.3 Å². The molecule has 0 saturated carbocycles. The number of hydrogen-bond donors (Lipinski definition) is 2. The molecule has 3 aliphatic rings. The van der Waals surface area contributed by atoms with Crippen LogP contribution < -0.4 is 5.32 Å². The van der Waals surface area contributed by atoms with Gasteiger partial charge in [-0.05, 0) is 81.4 Å². The molecule has 9 atom stereocenters. The van der Waals surface area contributed by atoms with E-state index in [2.05, 4.69) is 22.0 Å². The highest BCUT2D eigenvalue weighted by atomic mass is 16.7. The van der Waals surface area contributed by atoms with Crippen LogP contribution in [0, 0.1) is 17.3 Å². The Hall–Kier alpha value is -1.87. The zero-order chi connectivity index (χ0) is 36.1. The number of methoxy groups -OCH3 is 1. The first-order chi connectivity index (χ1) is 22.3. The normalized spacial score (nSPS) is 36.7. The number of urea groups is 1. The third kappa shape index (κ3) is 9.88. The molecule has 278 valence electrons. The Morgan fingerprint density at radius 3 is 2.29 bits per heavy atom. The number of cyclic esters (lactones) is 1. The molecule has 0 aliphatic carbocycles. The van der Waals surface area contributed by atoms with E-state index >= 15 is 0 Å². The van der Waals surface area contributed by atoms with E-state index in [0.717, 1.165) is 0 Å². The van der Waals surface area contributed by atoms with Crippen LogP contribution >= 0.6 is 0 Å². The minimum absolute atomic E-state index is 0.0483. The minimum atomic E-state index is -1.46. The third-order valence-electron chi connectivity index (χ3n) is 10.5. The Kier molecular flexibility index (Phi) is 14.3. The maximum atomic E-state index is 14.2. The Labute approximate surface area is 288 Å². The number of ether oxygens (including phenoxy) is 4. The molecule has 3 aliphatic heterocycles. The molecule has 13 heteroatoms. The van der Waals surface area contributed by atoms with Crippen LogP contribution in [0.3, 0.4) is 0 Å². The number of piperazine rings is 1. The Bertz CT molecular complexity index is 1080. The summed E-state index contributed by atoms with van der Waals surface area (Å²) >= 11 is 0. The van der Waals surface area contributed by atoms with Crippen molar-refractivity contribution in [2.45, 2.75) is 117 Å². The smallest absolute Gasteiger partial charge is 0.319 e. The molecular formula is C35H65N5O8. The van der Waals surface area contributed by atoms with Crippen molar-refractivity contribution in [3.63, 3.8) is 0 Å². The average molecular weight is 684 g/mol. The van der Waals surface area contributed by atoms with Gasteiger partial charge in [-0.15, -0.1) is 0 Å². The molecule has 0 aromatic carbocycles. The largest absolute Gasteiger partial charge is 0.463 e. The predicted octanol–water partition coefficient (Wildman–Crippen LogP) is 2.05. The molecule has 0 radical (unpaired) electrons. The lowest BCUT2D eigenvalue weighted by atomic mass is 9.74. The Morgan fingerprint density at radius 2 is 1.73 bits per heavy atom. The fourth-order valence-corrected chi connectivity index (χ4v) is 7.55. The van der Waals surface area contributed by atoms with Crippen LogP contribution in [-0.2, 0) is 28.5 Å². The van der Waals surface area contributed by atoms with Crippen LogP contribution in [-0.4, -0.2) is 165 Å². The van der Waals surface area contributed by atoms with Crippen LogP contribution in [0.25, 0.3) is 0 Å². The van der Waals surface area contributed by atoms with Gasteiger partial charge in [-0.2, -0.15) is 0 Å². The molecule has 3 heterocycles. The topological polar surface area (TPSA) is 133 Å². The van der Waals surface area contributed by atoms with E-state index in [1.54, 1.807) is 27.9 Å². The third-order valence-corrected chi connectivity index (χ3v) is 10.5. The van der Waals surface area contributed by atoms with Gasteiger partial charge in [0.15, 0.2) is 12.1 Å². The monoisotopic (exact) mass is 683 g/mol. The van der Waals surface area contributed by atoms with Crippen LogP contribution in [0.15, 0.2) is 0 Å². The van der Waals surface area contributed by atoms with Gasteiger partial charge in [0.1, 0.15) is 18.1 Å². The number of nitrogens with one attached hydrogen (secondary N) is 1. The van der Waals surface area contributed by atoms with Gasteiger partial charge in [-0.3, -0.25) is 19.4 Å². The lowest BCUT2D eigenvalue weighted by molar-refractivity contribution is -0.295. The van der Waals surface area contributed by atoms with Gasteiger partial charge in [0, 0.05) is 64.4 Å². The number of nitrogens with zero attached hydrogens (tertiary/aromatic N) is 4. The molecular weight excluding hydrogens is 618 g/mol. The molecule has 2 amide bonds. The van der Waals surface area contributed by atoms with E-state index in [0.29, 0.717) is 52.1 Å². The number of amides is 2. The van der Waals surface area contributed by atoms with E-state index in [1.165, 1.54) is 0 Å². The number of esters is 1.